The summed E-state index contributed by atoms with van der Waals surface area (Å²) in [6.45, 7) is 10.7. The topological polar surface area (TPSA) is 102 Å². The molecule has 0 unspecified atom stereocenters. The molecule has 0 radical (unpaired) electrons. The van der Waals surface area contributed by atoms with Gasteiger partial charge in [0.25, 0.3) is 5.91 Å². The Hall–Kier alpha value is -3.49. The van der Waals surface area contributed by atoms with Crippen molar-refractivity contribution in [2.75, 3.05) is 11.9 Å². The molecule has 1 aromatic carbocycles. The van der Waals surface area contributed by atoms with E-state index in [0.29, 0.717) is 35.5 Å². The summed E-state index contributed by atoms with van der Waals surface area (Å²) in [6.07, 6.45) is 5.11. The summed E-state index contributed by atoms with van der Waals surface area (Å²) in [7, 11) is 0. The Morgan fingerprint density at radius 1 is 1.06 bits per heavy atom. The number of unbranched alkanes of at least 4 members (excludes halogenated alkanes) is 2. The van der Waals surface area contributed by atoms with Gasteiger partial charge in [0.1, 0.15) is 12.2 Å². The summed E-state index contributed by atoms with van der Waals surface area (Å²) >= 11 is 0. The molecule has 9 heteroatoms. The molecular formula is C25H34N6O3. The van der Waals surface area contributed by atoms with Gasteiger partial charge in [-0.3, -0.25) is 4.79 Å². The summed E-state index contributed by atoms with van der Waals surface area (Å²) in [4.78, 5) is 46.7. The quantitative estimate of drug-likeness (QED) is 0.483. The molecule has 0 spiro atoms. The van der Waals surface area contributed by atoms with Crippen LogP contribution in [0.1, 0.15) is 76.5 Å². The van der Waals surface area contributed by atoms with Crippen molar-refractivity contribution in [1.82, 2.24) is 24.6 Å². The molecule has 0 aliphatic heterocycles. The summed E-state index contributed by atoms with van der Waals surface area (Å²) < 4.78 is 1.39. The van der Waals surface area contributed by atoms with Gasteiger partial charge in [0.2, 0.25) is 5.65 Å². The van der Waals surface area contributed by atoms with E-state index in [0.717, 1.165) is 25.7 Å². The molecule has 0 aliphatic carbocycles. The van der Waals surface area contributed by atoms with Crippen LogP contribution in [0.4, 0.5) is 10.6 Å². The van der Waals surface area contributed by atoms with Crippen LogP contribution in [-0.4, -0.2) is 48.7 Å². The van der Waals surface area contributed by atoms with Gasteiger partial charge in [0, 0.05) is 24.1 Å². The molecule has 3 aromatic rings. The van der Waals surface area contributed by atoms with Crippen molar-refractivity contribution >= 4 is 29.0 Å². The van der Waals surface area contributed by atoms with Crippen LogP contribution >= 0.6 is 0 Å². The van der Waals surface area contributed by atoms with Crippen LogP contribution in [-0.2, 0) is 6.42 Å². The monoisotopic (exact) mass is 466 g/mol. The summed E-state index contributed by atoms with van der Waals surface area (Å²) in [6, 6.07) is 8.87. The number of rotatable bonds is 9. The molecule has 0 fully saturated rings. The number of nitrogens with zero attached hydrogens (tertiary/aromatic N) is 5. The van der Waals surface area contributed by atoms with E-state index >= 15 is 0 Å². The fourth-order valence-corrected chi connectivity index (χ4v) is 3.51. The van der Waals surface area contributed by atoms with E-state index in [1.807, 2.05) is 26.8 Å². The van der Waals surface area contributed by atoms with E-state index in [1.165, 1.54) is 11.1 Å². The lowest BCUT2D eigenvalue weighted by Gasteiger charge is -2.34. The normalized spacial score (nSPS) is 11.4. The SMILES string of the molecule is CCCCc1nc2c(NC(=O)c3ccccc3)ncnc2n1OC(=O)N(CCCC)C(C)(C)C. The van der Waals surface area contributed by atoms with Gasteiger partial charge in [-0.1, -0.05) is 44.9 Å². The van der Waals surface area contributed by atoms with E-state index in [-0.39, 0.29) is 11.7 Å². The molecule has 2 heterocycles. The van der Waals surface area contributed by atoms with Crippen LogP contribution in [0, 0.1) is 0 Å². The number of aromatic nitrogens is 4. The Morgan fingerprint density at radius 3 is 2.41 bits per heavy atom. The molecule has 0 aliphatic rings. The third-order valence-corrected chi connectivity index (χ3v) is 5.43. The van der Waals surface area contributed by atoms with Crippen LogP contribution in [0.5, 0.6) is 0 Å². The highest BCUT2D eigenvalue weighted by Crippen LogP contribution is 2.22. The number of benzene rings is 1. The number of imidazole rings is 1. The molecule has 1 N–H and O–H groups in total. The maximum atomic E-state index is 13.2. The Kier molecular flexibility index (Phi) is 8.20. The largest absolute Gasteiger partial charge is 0.435 e. The fourth-order valence-electron chi connectivity index (χ4n) is 3.51. The number of hydrogen-bond acceptors (Lipinski definition) is 6. The molecule has 2 aromatic heterocycles. The first-order chi connectivity index (χ1) is 16.3. The molecule has 2 amide bonds. The maximum Gasteiger partial charge on any atom is 0.435 e. The van der Waals surface area contributed by atoms with E-state index in [2.05, 4.69) is 34.1 Å². The zero-order chi connectivity index (χ0) is 24.7. The highest BCUT2D eigenvalue weighted by atomic mass is 16.7. The lowest BCUT2D eigenvalue weighted by molar-refractivity contribution is 0.0601. The highest BCUT2D eigenvalue weighted by Gasteiger charge is 2.29. The van der Waals surface area contributed by atoms with Crippen molar-refractivity contribution in [2.45, 2.75) is 72.3 Å². The number of carbonyl (C=O) groups is 2. The number of carbonyl (C=O) groups excluding carboxylic acids is 2. The maximum absolute atomic E-state index is 13.2. The fraction of sp³-hybridized carbons (Fsp3) is 0.480. The lowest BCUT2D eigenvalue weighted by atomic mass is 10.1. The van der Waals surface area contributed by atoms with Gasteiger partial charge in [-0.05, 0) is 45.7 Å². The van der Waals surface area contributed by atoms with Crippen molar-refractivity contribution in [1.29, 1.82) is 0 Å². The average molecular weight is 467 g/mol. The molecule has 182 valence electrons. The van der Waals surface area contributed by atoms with E-state index in [9.17, 15) is 9.59 Å². The minimum atomic E-state index is -0.466. The molecule has 0 saturated carbocycles. The molecule has 0 saturated heterocycles. The van der Waals surface area contributed by atoms with Gasteiger partial charge >= 0.3 is 6.09 Å². The van der Waals surface area contributed by atoms with E-state index in [4.69, 9.17) is 4.84 Å². The Morgan fingerprint density at radius 2 is 1.76 bits per heavy atom. The second kappa shape index (κ2) is 11.1. The van der Waals surface area contributed by atoms with Crippen molar-refractivity contribution in [3.63, 3.8) is 0 Å². The summed E-state index contributed by atoms with van der Waals surface area (Å²) in [5, 5.41) is 2.81. The third-order valence-electron chi connectivity index (χ3n) is 5.43. The molecule has 34 heavy (non-hydrogen) atoms. The lowest BCUT2D eigenvalue weighted by Crippen LogP contribution is -2.49. The van der Waals surface area contributed by atoms with Crippen LogP contribution in [0.15, 0.2) is 36.7 Å². The zero-order valence-electron chi connectivity index (χ0n) is 20.7. The van der Waals surface area contributed by atoms with Gasteiger partial charge in [-0.15, -0.1) is 4.73 Å². The van der Waals surface area contributed by atoms with Crippen molar-refractivity contribution in [3.8, 4) is 0 Å². The minimum Gasteiger partial charge on any atom is -0.314 e. The minimum absolute atomic E-state index is 0.269. The average Bonchev–Trinajstić information content (AvgIpc) is 3.15. The molecule has 9 nitrogen and oxygen atoms in total. The van der Waals surface area contributed by atoms with E-state index < -0.39 is 11.6 Å². The molecular weight excluding hydrogens is 432 g/mol. The van der Waals surface area contributed by atoms with Crippen molar-refractivity contribution < 1.29 is 14.4 Å². The molecule has 0 atom stereocenters. The van der Waals surface area contributed by atoms with Crippen LogP contribution in [0.2, 0.25) is 0 Å². The van der Waals surface area contributed by atoms with Gasteiger partial charge < -0.3 is 15.1 Å². The van der Waals surface area contributed by atoms with Crippen LogP contribution < -0.4 is 10.2 Å². The smallest absolute Gasteiger partial charge is 0.314 e. The molecule has 3 rings (SSSR count). The first-order valence-electron chi connectivity index (χ1n) is 11.8. The van der Waals surface area contributed by atoms with Crippen LogP contribution in [0.25, 0.3) is 11.2 Å². The van der Waals surface area contributed by atoms with Crippen molar-refractivity contribution in [3.05, 3.63) is 48.0 Å². The number of nitrogens with one attached hydrogen (secondary N) is 1. The first kappa shape index (κ1) is 25.1. The third kappa shape index (κ3) is 5.89. The van der Waals surface area contributed by atoms with Gasteiger partial charge in [-0.2, -0.15) is 0 Å². The number of fused-ring (bicyclic) bond motifs is 1. The van der Waals surface area contributed by atoms with Gasteiger partial charge in [-0.25, -0.2) is 19.7 Å². The molecule has 0 bridgehead atoms. The van der Waals surface area contributed by atoms with E-state index in [1.54, 1.807) is 29.2 Å². The Labute approximate surface area is 200 Å². The Balaban J connectivity index is 1.97. The second-order valence-electron chi connectivity index (χ2n) is 9.17. The zero-order valence-corrected chi connectivity index (χ0v) is 20.7. The first-order valence-corrected chi connectivity index (χ1v) is 11.8. The predicted octanol–water partition coefficient (Wildman–Crippen LogP) is 4.87. The number of anilines is 1. The predicted molar refractivity (Wildman–Crippen MR) is 132 cm³/mol. The second-order valence-corrected chi connectivity index (χ2v) is 9.17. The van der Waals surface area contributed by atoms with Gasteiger partial charge in [0.05, 0.1) is 0 Å². The summed E-state index contributed by atoms with van der Waals surface area (Å²) in [5.74, 6) is 0.524. The highest BCUT2D eigenvalue weighted by molar-refractivity contribution is 6.06. The van der Waals surface area contributed by atoms with Crippen molar-refractivity contribution in [2.24, 2.45) is 0 Å². The van der Waals surface area contributed by atoms with Gasteiger partial charge in [0.15, 0.2) is 11.3 Å². The number of amides is 2. The summed E-state index contributed by atoms with van der Waals surface area (Å²) in [5.41, 5.74) is 0.808. The standard InChI is InChI=1S/C25H34N6O3/c1-6-8-15-19-28-20-21(29-23(32)18-13-11-10-12-14-18)26-17-27-22(20)31(19)34-24(33)30(16-9-7-2)25(3,4)5/h10-14,17H,6-9,15-16H2,1-5H3,(H,26,27,29,32). The number of hydrogen-bond donors (Lipinski definition) is 1. The van der Waals surface area contributed by atoms with Crippen LogP contribution in [0.3, 0.4) is 0 Å². The number of aryl methyl sites for hydroxylation is 1. The Bertz CT molecular complexity index is 1120.